The first-order valence-electron chi connectivity index (χ1n) is 9.42. The van der Waals surface area contributed by atoms with Crippen molar-refractivity contribution in [3.8, 4) is 17.1 Å². The van der Waals surface area contributed by atoms with Crippen LogP contribution in [0, 0.1) is 0 Å². The second kappa shape index (κ2) is 10.3. The van der Waals surface area contributed by atoms with Gasteiger partial charge in [-0.3, -0.25) is 9.59 Å². The van der Waals surface area contributed by atoms with E-state index in [4.69, 9.17) is 20.8 Å². The summed E-state index contributed by atoms with van der Waals surface area (Å²) in [6.07, 6.45) is 3.01. The smallest absolute Gasteiger partial charge is 0.268 e. The summed E-state index contributed by atoms with van der Waals surface area (Å²) in [4.78, 5) is 25.2. The van der Waals surface area contributed by atoms with Crippen LogP contribution in [0.2, 0.25) is 5.02 Å². The Labute approximate surface area is 185 Å². The van der Waals surface area contributed by atoms with Crippen molar-refractivity contribution in [3.63, 3.8) is 0 Å². The van der Waals surface area contributed by atoms with E-state index in [1.54, 1.807) is 61.7 Å². The minimum atomic E-state index is -0.470. The zero-order chi connectivity index (χ0) is 22.2. The van der Waals surface area contributed by atoms with Crippen LogP contribution in [0.1, 0.15) is 16.1 Å². The number of carbonyl (C=O) groups excluding carboxylic acids is 2. The number of methoxy groups -OCH3 is 1. The lowest BCUT2D eigenvalue weighted by Gasteiger charge is -2.10. The summed E-state index contributed by atoms with van der Waals surface area (Å²) in [5, 5.41) is 5.88. The van der Waals surface area contributed by atoms with E-state index in [1.165, 1.54) is 6.08 Å². The number of hydrogen-bond donors (Lipinski definition) is 2. The highest BCUT2D eigenvalue weighted by Crippen LogP contribution is 2.25. The summed E-state index contributed by atoms with van der Waals surface area (Å²) in [7, 11) is 1.54. The maximum atomic E-state index is 12.6. The summed E-state index contributed by atoms with van der Waals surface area (Å²) in [5.74, 6) is 0.696. The van der Waals surface area contributed by atoms with Crippen LogP contribution in [-0.2, 0) is 4.79 Å². The fraction of sp³-hybridized carbons (Fsp3) is 0.0833. The van der Waals surface area contributed by atoms with Crippen molar-refractivity contribution in [1.82, 2.24) is 10.6 Å². The van der Waals surface area contributed by atoms with Crippen molar-refractivity contribution < 1.29 is 18.7 Å². The molecule has 0 unspecified atom stereocenters. The Balaban J connectivity index is 1.86. The first-order valence-corrected chi connectivity index (χ1v) is 9.80. The molecule has 158 valence electrons. The van der Waals surface area contributed by atoms with Gasteiger partial charge in [0, 0.05) is 28.8 Å². The zero-order valence-corrected chi connectivity index (χ0v) is 17.6. The zero-order valence-electron chi connectivity index (χ0n) is 16.9. The molecule has 3 aromatic rings. The van der Waals surface area contributed by atoms with E-state index in [0.29, 0.717) is 27.9 Å². The normalized spacial score (nSPS) is 11.0. The van der Waals surface area contributed by atoms with E-state index in [2.05, 4.69) is 17.2 Å². The molecular formula is C24H21ClN2O4. The number of benzene rings is 2. The Morgan fingerprint density at radius 3 is 2.58 bits per heavy atom. The van der Waals surface area contributed by atoms with E-state index < -0.39 is 11.8 Å². The first-order chi connectivity index (χ1) is 15.0. The van der Waals surface area contributed by atoms with Crippen LogP contribution in [0.5, 0.6) is 5.75 Å². The average molecular weight is 437 g/mol. The second-order valence-electron chi connectivity index (χ2n) is 6.45. The standard InChI is InChI=1S/C24H21ClN2O4/c1-3-13-26-24(29)21(27-23(28)16-7-9-19(30-2)10-8-16)15-20-11-12-22(31-20)17-5-4-6-18(25)14-17/h3-12,14-15H,1,13H2,2H3,(H,26,29)(H,27,28). The van der Waals surface area contributed by atoms with Crippen LogP contribution < -0.4 is 15.4 Å². The molecule has 2 amide bonds. The van der Waals surface area contributed by atoms with Crippen molar-refractivity contribution in [3.05, 3.63) is 95.4 Å². The van der Waals surface area contributed by atoms with E-state index in [0.717, 1.165) is 5.56 Å². The lowest BCUT2D eigenvalue weighted by Crippen LogP contribution is -2.34. The van der Waals surface area contributed by atoms with Gasteiger partial charge >= 0.3 is 0 Å². The minimum Gasteiger partial charge on any atom is -0.497 e. The number of amides is 2. The number of rotatable bonds is 8. The monoisotopic (exact) mass is 436 g/mol. The first kappa shape index (κ1) is 21.9. The van der Waals surface area contributed by atoms with Crippen LogP contribution >= 0.6 is 11.6 Å². The second-order valence-corrected chi connectivity index (χ2v) is 6.89. The van der Waals surface area contributed by atoms with Gasteiger partial charge in [0.2, 0.25) is 0 Å². The van der Waals surface area contributed by atoms with Crippen molar-refractivity contribution in [2.75, 3.05) is 13.7 Å². The highest BCUT2D eigenvalue weighted by molar-refractivity contribution is 6.30. The highest BCUT2D eigenvalue weighted by Gasteiger charge is 2.15. The van der Waals surface area contributed by atoms with Crippen LogP contribution in [0.25, 0.3) is 17.4 Å². The maximum Gasteiger partial charge on any atom is 0.268 e. The Hall–Kier alpha value is -3.77. The van der Waals surface area contributed by atoms with Crippen LogP contribution in [0.15, 0.2) is 83.4 Å². The van der Waals surface area contributed by atoms with Gasteiger partial charge in [0.1, 0.15) is 23.0 Å². The number of ether oxygens (including phenoxy) is 1. The molecule has 3 rings (SSSR count). The third-order valence-electron chi connectivity index (χ3n) is 4.27. The molecule has 0 aliphatic carbocycles. The number of halogens is 1. The van der Waals surface area contributed by atoms with E-state index >= 15 is 0 Å². The molecule has 0 fully saturated rings. The summed E-state index contributed by atoms with van der Waals surface area (Å²) >= 11 is 6.04. The lowest BCUT2D eigenvalue weighted by molar-refractivity contribution is -0.117. The molecule has 7 heteroatoms. The van der Waals surface area contributed by atoms with Crippen LogP contribution in [0.4, 0.5) is 0 Å². The Morgan fingerprint density at radius 1 is 1.13 bits per heavy atom. The molecule has 2 N–H and O–H groups in total. The van der Waals surface area contributed by atoms with Gasteiger partial charge in [-0.2, -0.15) is 0 Å². The fourth-order valence-electron chi connectivity index (χ4n) is 2.72. The summed E-state index contributed by atoms with van der Waals surface area (Å²) < 4.78 is 10.9. The van der Waals surface area contributed by atoms with Gasteiger partial charge in [-0.15, -0.1) is 6.58 Å². The van der Waals surface area contributed by atoms with Gasteiger partial charge in [-0.25, -0.2) is 0 Å². The third-order valence-corrected chi connectivity index (χ3v) is 4.51. The molecule has 0 radical (unpaired) electrons. The highest BCUT2D eigenvalue weighted by atomic mass is 35.5. The number of nitrogens with one attached hydrogen (secondary N) is 2. The van der Waals surface area contributed by atoms with Gasteiger partial charge in [0.05, 0.1) is 7.11 Å². The minimum absolute atomic E-state index is 0.0367. The molecule has 0 aliphatic rings. The Morgan fingerprint density at radius 2 is 1.90 bits per heavy atom. The van der Waals surface area contributed by atoms with Gasteiger partial charge < -0.3 is 19.8 Å². The molecule has 0 spiro atoms. The predicted octanol–water partition coefficient (Wildman–Crippen LogP) is 4.68. The van der Waals surface area contributed by atoms with Gasteiger partial charge in [-0.1, -0.05) is 29.8 Å². The van der Waals surface area contributed by atoms with E-state index in [9.17, 15) is 9.59 Å². The number of carbonyl (C=O) groups is 2. The predicted molar refractivity (Wildman–Crippen MR) is 121 cm³/mol. The van der Waals surface area contributed by atoms with Crippen LogP contribution in [-0.4, -0.2) is 25.5 Å². The summed E-state index contributed by atoms with van der Waals surface area (Å²) in [6, 6.07) is 17.2. The average Bonchev–Trinajstić information content (AvgIpc) is 3.25. The van der Waals surface area contributed by atoms with Gasteiger partial charge in [0.15, 0.2) is 0 Å². The summed E-state index contributed by atoms with van der Waals surface area (Å²) in [6.45, 7) is 3.83. The molecule has 1 aromatic heterocycles. The molecule has 0 aliphatic heterocycles. The molecule has 1 heterocycles. The molecule has 0 bridgehead atoms. The van der Waals surface area contributed by atoms with Crippen molar-refractivity contribution >= 4 is 29.5 Å². The largest absolute Gasteiger partial charge is 0.497 e. The van der Waals surface area contributed by atoms with Gasteiger partial charge in [-0.05, 0) is 48.5 Å². The topological polar surface area (TPSA) is 80.6 Å². The maximum absolute atomic E-state index is 12.6. The molecular weight excluding hydrogens is 416 g/mol. The van der Waals surface area contributed by atoms with E-state index in [-0.39, 0.29) is 12.2 Å². The molecule has 2 aromatic carbocycles. The van der Waals surface area contributed by atoms with Crippen molar-refractivity contribution in [2.24, 2.45) is 0 Å². The molecule has 0 atom stereocenters. The van der Waals surface area contributed by atoms with E-state index in [1.807, 2.05) is 12.1 Å². The van der Waals surface area contributed by atoms with Gasteiger partial charge in [0.25, 0.3) is 11.8 Å². The molecule has 6 nitrogen and oxygen atoms in total. The Kier molecular flexibility index (Phi) is 7.30. The lowest BCUT2D eigenvalue weighted by atomic mass is 10.2. The Bertz CT molecular complexity index is 1120. The van der Waals surface area contributed by atoms with Crippen molar-refractivity contribution in [1.29, 1.82) is 0 Å². The van der Waals surface area contributed by atoms with Crippen molar-refractivity contribution in [2.45, 2.75) is 0 Å². The number of hydrogen-bond acceptors (Lipinski definition) is 4. The summed E-state index contributed by atoms with van der Waals surface area (Å²) in [5.41, 5.74) is 1.21. The third kappa shape index (κ3) is 5.87. The fourth-order valence-corrected chi connectivity index (χ4v) is 2.92. The molecule has 31 heavy (non-hydrogen) atoms. The molecule has 0 saturated carbocycles. The SMILES string of the molecule is C=CCNC(=O)C(=Cc1ccc(-c2cccc(Cl)c2)o1)NC(=O)c1ccc(OC)cc1. The van der Waals surface area contributed by atoms with Crippen LogP contribution in [0.3, 0.4) is 0 Å². The molecule has 0 saturated heterocycles. The quantitative estimate of drug-likeness (QED) is 0.397. The number of furan rings is 1.